The van der Waals surface area contributed by atoms with Crippen LogP contribution in [0.3, 0.4) is 0 Å². The molecule has 1 aromatic heterocycles. The zero-order chi connectivity index (χ0) is 24.9. The minimum Gasteiger partial charge on any atom is -0.486 e. The minimum absolute atomic E-state index is 0.0175. The van der Waals surface area contributed by atoms with E-state index in [0.717, 1.165) is 30.0 Å². The summed E-state index contributed by atoms with van der Waals surface area (Å²) in [6.07, 6.45) is -4.54. The number of thioether (sulfide) groups is 1. The first-order chi connectivity index (χ1) is 16.1. The molecule has 1 N–H and O–H groups in total. The Labute approximate surface area is 204 Å². The van der Waals surface area contributed by atoms with Gasteiger partial charge in [0.25, 0.3) is 0 Å². The molecule has 2 aromatic carbocycles. The number of halogens is 4. The summed E-state index contributed by atoms with van der Waals surface area (Å²) < 4.78 is 46.4. The molecular weight excluding hydrogens is 489 g/mol. The van der Waals surface area contributed by atoms with Gasteiger partial charge in [0.05, 0.1) is 22.0 Å². The number of alkyl halides is 3. The van der Waals surface area contributed by atoms with Crippen molar-refractivity contribution in [2.24, 2.45) is 0 Å². The van der Waals surface area contributed by atoms with E-state index >= 15 is 0 Å². The third-order valence-electron chi connectivity index (χ3n) is 4.92. The number of benzene rings is 2. The summed E-state index contributed by atoms with van der Waals surface area (Å²) in [5.74, 6) is 1.14. The Morgan fingerprint density at radius 2 is 1.88 bits per heavy atom. The van der Waals surface area contributed by atoms with Gasteiger partial charge in [0.15, 0.2) is 11.0 Å². The summed E-state index contributed by atoms with van der Waals surface area (Å²) in [5.41, 5.74) is 0.221. The number of carbonyl (C=O) groups is 1. The molecule has 6 nitrogen and oxygen atoms in total. The molecule has 0 bridgehead atoms. The topological polar surface area (TPSA) is 69.0 Å². The van der Waals surface area contributed by atoms with Crippen LogP contribution in [0.4, 0.5) is 18.9 Å². The lowest BCUT2D eigenvalue weighted by Crippen LogP contribution is -2.16. The van der Waals surface area contributed by atoms with Gasteiger partial charge in [0.2, 0.25) is 5.91 Å². The zero-order valence-electron chi connectivity index (χ0n) is 18.8. The van der Waals surface area contributed by atoms with Gasteiger partial charge in [-0.15, -0.1) is 10.2 Å². The number of nitrogens with zero attached hydrogens (tertiary/aromatic N) is 3. The van der Waals surface area contributed by atoms with Gasteiger partial charge in [-0.3, -0.25) is 4.79 Å². The van der Waals surface area contributed by atoms with Crippen LogP contribution in [-0.4, -0.2) is 26.4 Å². The summed E-state index contributed by atoms with van der Waals surface area (Å²) in [7, 11) is 0. The van der Waals surface area contributed by atoms with E-state index in [0.29, 0.717) is 29.2 Å². The highest BCUT2D eigenvalue weighted by Crippen LogP contribution is 2.34. The molecule has 1 amide bonds. The molecule has 0 saturated heterocycles. The van der Waals surface area contributed by atoms with Crippen LogP contribution in [0.25, 0.3) is 0 Å². The summed E-state index contributed by atoms with van der Waals surface area (Å²) >= 11 is 7.06. The van der Waals surface area contributed by atoms with E-state index in [1.807, 2.05) is 35.8 Å². The fourth-order valence-electron chi connectivity index (χ4n) is 3.06. The van der Waals surface area contributed by atoms with Gasteiger partial charge >= 0.3 is 6.18 Å². The number of rotatable bonds is 9. The van der Waals surface area contributed by atoms with Crippen LogP contribution in [-0.2, 0) is 24.1 Å². The number of hydrogen-bond acceptors (Lipinski definition) is 5. The van der Waals surface area contributed by atoms with Gasteiger partial charge in [-0.1, -0.05) is 49.3 Å². The van der Waals surface area contributed by atoms with Gasteiger partial charge in [-0.05, 0) is 48.7 Å². The van der Waals surface area contributed by atoms with Crippen LogP contribution in [0, 0.1) is 0 Å². The van der Waals surface area contributed by atoms with Gasteiger partial charge in [-0.25, -0.2) is 0 Å². The molecule has 0 fully saturated rings. The lowest BCUT2D eigenvalue weighted by Gasteiger charge is -2.12. The predicted octanol–water partition coefficient (Wildman–Crippen LogP) is 6.40. The molecule has 34 heavy (non-hydrogen) atoms. The Balaban J connectivity index is 1.60. The Morgan fingerprint density at radius 1 is 1.18 bits per heavy atom. The van der Waals surface area contributed by atoms with E-state index < -0.39 is 17.6 Å². The number of anilines is 1. The van der Waals surface area contributed by atoms with Crippen LogP contribution in [0.1, 0.15) is 43.6 Å². The predicted molar refractivity (Wildman–Crippen MR) is 126 cm³/mol. The molecule has 3 rings (SSSR count). The maximum Gasteiger partial charge on any atom is 0.416 e. The Morgan fingerprint density at radius 3 is 2.50 bits per heavy atom. The molecule has 0 saturated carbocycles. The van der Waals surface area contributed by atoms with Crippen LogP contribution < -0.4 is 10.1 Å². The molecule has 0 aliphatic rings. The van der Waals surface area contributed by atoms with Crippen molar-refractivity contribution in [1.29, 1.82) is 0 Å². The fourth-order valence-corrected chi connectivity index (χ4v) is 4.05. The summed E-state index contributed by atoms with van der Waals surface area (Å²) in [6.45, 7) is 6.91. The number of amides is 1. The molecule has 0 spiro atoms. The van der Waals surface area contributed by atoms with Crippen LogP contribution in [0.5, 0.6) is 5.75 Å². The average Bonchev–Trinajstić information content (AvgIpc) is 3.19. The molecule has 1 heterocycles. The van der Waals surface area contributed by atoms with Crippen LogP contribution >= 0.6 is 23.4 Å². The van der Waals surface area contributed by atoms with Crippen molar-refractivity contribution >= 4 is 35.0 Å². The van der Waals surface area contributed by atoms with E-state index in [1.165, 1.54) is 5.56 Å². The van der Waals surface area contributed by atoms with Gasteiger partial charge in [0, 0.05) is 6.54 Å². The highest BCUT2D eigenvalue weighted by atomic mass is 35.5. The maximum atomic E-state index is 12.9. The average molecular weight is 513 g/mol. The number of aromatic nitrogens is 3. The van der Waals surface area contributed by atoms with E-state index in [2.05, 4.69) is 29.4 Å². The van der Waals surface area contributed by atoms with Crippen molar-refractivity contribution in [2.45, 2.75) is 51.2 Å². The number of nitrogens with one attached hydrogen (secondary N) is 1. The smallest absolute Gasteiger partial charge is 0.416 e. The summed E-state index contributed by atoms with van der Waals surface area (Å²) in [6, 6.07) is 10.6. The van der Waals surface area contributed by atoms with Crippen molar-refractivity contribution < 1.29 is 22.7 Å². The van der Waals surface area contributed by atoms with Crippen molar-refractivity contribution in [2.75, 3.05) is 11.1 Å². The lowest BCUT2D eigenvalue weighted by atomic mass is 10.0. The highest BCUT2D eigenvalue weighted by Gasteiger charge is 2.31. The Hall–Kier alpha value is -2.72. The molecule has 0 radical (unpaired) electrons. The first-order valence-electron chi connectivity index (χ1n) is 10.5. The second kappa shape index (κ2) is 11.1. The van der Waals surface area contributed by atoms with Crippen LogP contribution in [0.2, 0.25) is 5.02 Å². The van der Waals surface area contributed by atoms with E-state index in [9.17, 15) is 18.0 Å². The minimum atomic E-state index is -4.54. The molecule has 0 aliphatic carbocycles. The lowest BCUT2D eigenvalue weighted by molar-refractivity contribution is -0.137. The molecule has 11 heteroatoms. The number of carbonyl (C=O) groups excluding carboxylic acids is 1. The van der Waals surface area contributed by atoms with Gasteiger partial charge in [-0.2, -0.15) is 13.2 Å². The molecule has 3 aromatic rings. The van der Waals surface area contributed by atoms with Crippen molar-refractivity contribution in [3.63, 3.8) is 0 Å². The third-order valence-corrected chi connectivity index (χ3v) is 6.22. The molecular formula is C23H24ClF3N4O2S. The first kappa shape index (κ1) is 25.9. The Kier molecular flexibility index (Phi) is 8.48. The quantitative estimate of drug-likeness (QED) is 0.336. The van der Waals surface area contributed by atoms with Gasteiger partial charge in [0.1, 0.15) is 12.4 Å². The zero-order valence-corrected chi connectivity index (χ0v) is 20.4. The van der Waals surface area contributed by atoms with Gasteiger partial charge < -0.3 is 14.6 Å². The third kappa shape index (κ3) is 6.66. The number of hydrogen-bond donors (Lipinski definition) is 1. The fraction of sp³-hybridized carbons (Fsp3) is 0.348. The second-order valence-electron chi connectivity index (χ2n) is 7.68. The second-order valence-corrected chi connectivity index (χ2v) is 9.03. The molecule has 182 valence electrons. The summed E-state index contributed by atoms with van der Waals surface area (Å²) in [5, 5.41) is 11.2. The van der Waals surface area contributed by atoms with Crippen molar-refractivity contribution in [3.8, 4) is 5.75 Å². The maximum absolute atomic E-state index is 12.9. The Bertz CT molecular complexity index is 1130. The van der Waals surface area contributed by atoms with Crippen LogP contribution in [0.15, 0.2) is 47.6 Å². The van der Waals surface area contributed by atoms with Crippen molar-refractivity contribution in [1.82, 2.24) is 14.8 Å². The normalized spacial score (nSPS) is 11.6. The van der Waals surface area contributed by atoms with E-state index in [4.69, 9.17) is 16.3 Å². The monoisotopic (exact) mass is 512 g/mol. The molecule has 0 unspecified atom stereocenters. The van der Waals surface area contributed by atoms with E-state index in [1.54, 1.807) is 0 Å². The first-order valence-corrected chi connectivity index (χ1v) is 11.9. The standard InChI is InChI=1S/C23H24ClF3N4O2S/c1-4-31-20(12-33-17-8-5-15(6-9-17)14(2)3)29-30-22(31)34-13-21(32)28-19-11-16(23(25,26)27)7-10-18(19)24/h5-11,14H,4,12-13H2,1-3H3,(H,28,32). The van der Waals surface area contributed by atoms with Crippen molar-refractivity contribution in [3.05, 3.63) is 64.4 Å². The van der Waals surface area contributed by atoms with E-state index in [-0.39, 0.29) is 23.1 Å². The summed E-state index contributed by atoms with van der Waals surface area (Å²) in [4.78, 5) is 12.3. The largest absolute Gasteiger partial charge is 0.486 e. The molecule has 0 atom stereocenters. The molecule has 0 aliphatic heterocycles. The SMILES string of the molecule is CCn1c(COc2ccc(C(C)C)cc2)nnc1SCC(=O)Nc1cc(C(F)(F)F)ccc1Cl. The number of ether oxygens (including phenoxy) is 1. The highest BCUT2D eigenvalue weighted by molar-refractivity contribution is 7.99.